The van der Waals surface area contributed by atoms with Gasteiger partial charge in [-0.25, -0.2) is 4.98 Å². The topological polar surface area (TPSA) is 82.2 Å². The summed E-state index contributed by atoms with van der Waals surface area (Å²) >= 11 is 0. The third-order valence-corrected chi connectivity index (χ3v) is 4.22. The summed E-state index contributed by atoms with van der Waals surface area (Å²) < 4.78 is 13.9. The van der Waals surface area contributed by atoms with Gasteiger partial charge in [-0.2, -0.15) is 4.39 Å². The van der Waals surface area contributed by atoms with Crippen LogP contribution in [0.25, 0.3) is 0 Å². The van der Waals surface area contributed by atoms with Crippen LogP contribution in [0.3, 0.4) is 0 Å². The number of hydrogen-bond donors (Lipinski definition) is 1. The van der Waals surface area contributed by atoms with Gasteiger partial charge >= 0.3 is 0 Å². The molecule has 0 aliphatic carbocycles. The number of nitrogens with one attached hydrogen (secondary N) is 1. The van der Waals surface area contributed by atoms with E-state index in [4.69, 9.17) is 0 Å². The number of aromatic nitrogens is 3. The van der Waals surface area contributed by atoms with E-state index in [1.807, 2.05) is 4.90 Å². The molecule has 2 aromatic rings. The Labute approximate surface area is 144 Å². The predicted octanol–water partition coefficient (Wildman–Crippen LogP) is 1.39. The Morgan fingerprint density at radius 2 is 1.84 bits per heavy atom. The molecule has 1 amide bonds. The minimum atomic E-state index is -0.828. The molecule has 2 aromatic heterocycles. The first-order valence-corrected chi connectivity index (χ1v) is 8.21. The first-order valence-electron chi connectivity index (χ1n) is 8.21. The average molecular weight is 345 g/mol. The lowest BCUT2D eigenvalue weighted by molar-refractivity contribution is 0.0746. The summed E-state index contributed by atoms with van der Waals surface area (Å²) in [5.74, 6) is -0.711. The van der Waals surface area contributed by atoms with Crippen molar-refractivity contribution in [1.29, 1.82) is 0 Å². The van der Waals surface area contributed by atoms with Gasteiger partial charge < -0.3 is 9.80 Å². The first-order chi connectivity index (χ1) is 12.0. The molecule has 0 spiro atoms. The first kappa shape index (κ1) is 17.1. The van der Waals surface area contributed by atoms with Crippen LogP contribution in [0.2, 0.25) is 0 Å². The fourth-order valence-electron chi connectivity index (χ4n) is 2.79. The summed E-state index contributed by atoms with van der Waals surface area (Å²) in [4.78, 5) is 38.5. The average Bonchev–Trinajstić information content (AvgIpc) is 2.64. The largest absolute Gasteiger partial charge is 0.339 e. The van der Waals surface area contributed by atoms with Crippen LogP contribution in [0.15, 0.2) is 29.3 Å². The fraction of sp³-hybridized carbons (Fsp3) is 0.412. The summed E-state index contributed by atoms with van der Waals surface area (Å²) in [6, 6.07) is 3.37. The fourth-order valence-corrected chi connectivity index (χ4v) is 2.79. The molecular weight excluding hydrogens is 325 g/mol. The highest BCUT2D eigenvalue weighted by Gasteiger charge is 2.24. The van der Waals surface area contributed by atoms with Gasteiger partial charge in [0.05, 0.1) is 5.69 Å². The third kappa shape index (κ3) is 3.52. The molecule has 0 radical (unpaired) electrons. The van der Waals surface area contributed by atoms with Gasteiger partial charge in [-0.3, -0.25) is 19.6 Å². The zero-order valence-electron chi connectivity index (χ0n) is 14.2. The third-order valence-electron chi connectivity index (χ3n) is 4.22. The molecule has 1 saturated heterocycles. The van der Waals surface area contributed by atoms with E-state index in [1.54, 1.807) is 43.3 Å². The zero-order chi connectivity index (χ0) is 18.0. The molecule has 1 N–H and O–H groups in total. The number of anilines is 1. The Kier molecular flexibility index (Phi) is 4.78. The van der Waals surface area contributed by atoms with Crippen LogP contribution in [0, 0.1) is 5.82 Å². The number of carbonyl (C=O) groups excluding carboxylic acids is 1. The molecule has 0 atom stereocenters. The van der Waals surface area contributed by atoms with Crippen LogP contribution in [-0.4, -0.2) is 51.9 Å². The van der Waals surface area contributed by atoms with Crippen molar-refractivity contribution >= 4 is 11.9 Å². The molecule has 0 aromatic carbocycles. The van der Waals surface area contributed by atoms with Crippen molar-refractivity contribution in [2.24, 2.45) is 0 Å². The SMILES string of the molecule is CC(C)c1nc(N2CCN(C(=O)c3ccncc3)CC2)[nH]c(=O)c1F. The van der Waals surface area contributed by atoms with Gasteiger partial charge in [0.1, 0.15) is 0 Å². The van der Waals surface area contributed by atoms with E-state index in [2.05, 4.69) is 15.0 Å². The number of aromatic amines is 1. The van der Waals surface area contributed by atoms with Crippen molar-refractivity contribution in [2.45, 2.75) is 19.8 Å². The molecule has 1 aliphatic heterocycles. The number of amides is 1. The van der Waals surface area contributed by atoms with E-state index < -0.39 is 11.4 Å². The molecule has 0 unspecified atom stereocenters. The number of piperazine rings is 1. The van der Waals surface area contributed by atoms with Gasteiger partial charge in [0.15, 0.2) is 0 Å². The van der Waals surface area contributed by atoms with Crippen LogP contribution in [0.5, 0.6) is 0 Å². The smallest absolute Gasteiger partial charge is 0.288 e. The summed E-state index contributed by atoms with van der Waals surface area (Å²) in [6.45, 7) is 5.62. The van der Waals surface area contributed by atoms with Crippen LogP contribution in [-0.2, 0) is 0 Å². The number of H-pyrrole nitrogens is 1. The van der Waals surface area contributed by atoms with Crippen molar-refractivity contribution < 1.29 is 9.18 Å². The number of nitrogens with zero attached hydrogens (tertiary/aromatic N) is 4. The predicted molar refractivity (Wildman–Crippen MR) is 91.3 cm³/mol. The lowest BCUT2D eigenvalue weighted by Gasteiger charge is -2.35. The number of carbonyl (C=O) groups is 1. The summed E-state index contributed by atoms with van der Waals surface area (Å²) in [5, 5.41) is 0. The van der Waals surface area contributed by atoms with Gasteiger partial charge in [-0.05, 0) is 18.1 Å². The summed E-state index contributed by atoms with van der Waals surface area (Å²) in [6.07, 6.45) is 3.17. The molecule has 3 heterocycles. The van der Waals surface area contributed by atoms with Crippen LogP contribution >= 0.6 is 0 Å². The second kappa shape index (κ2) is 7.00. The number of hydrogen-bond acceptors (Lipinski definition) is 5. The Morgan fingerprint density at radius 1 is 1.20 bits per heavy atom. The maximum Gasteiger partial charge on any atom is 0.288 e. The van der Waals surface area contributed by atoms with Gasteiger partial charge in [-0.15, -0.1) is 0 Å². The van der Waals surface area contributed by atoms with E-state index in [0.717, 1.165) is 0 Å². The lowest BCUT2D eigenvalue weighted by Crippen LogP contribution is -2.49. The summed E-state index contributed by atoms with van der Waals surface area (Å²) in [7, 11) is 0. The quantitative estimate of drug-likeness (QED) is 0.909. The maximum atomic E-state index is 13.9. The molecular formula is C17H20FN5O2. The van der Waals surface area contributed by atoms with E-state index >= 15 is 0 Å². The van der Waals surface area contributed by atoms with Gasteiger partial charge in [0.2, 0.25) is 11.8 Å². The Bertz CT molecular complexity index is 814. The molecule has 132 valence electrons. The van der Waals surface area contributed by atoms with E-state index in [9.17, 15) is 14.0 Å². The maximum absolute atomic E-state index is 13.9. The Hall–Kier alpha value is -2.77. The van der Waals surface area contributed by atoms with Crippen LogP contribution in [0.1, 0.15) is 35.8 Å². The second-order valence-electron chi connectivity index (χ2n) is 6.26. The monoisotopic (exact) mass is 345 g/mol. The molecule has 8 heteroatoms. The van der Waals surface area contributed by atoms with Crippen molar-refractivity contribution in [2.75, 3.05) is 31.1 Å². The van der Waals surface area contributed by atoms with E-state index in [1.165, 1.54) is 0 Å². The summed E-state index contributed by atoms with van der Waals surface area (Å²) in [5.41, 5.74) is -0.00288. The van der Waals surface area contributed by atoms with Crippen LogP contribution in [0.4, 0.5) is 10.3 Å². The van der Waals surface area contributed by atoms with Gasteiger partial charge in [0.25, 0.3) is 11.5 Å². The zero-order valence-corrected chi connectivity index (χ0v) is 14.2. The highest BCUT2D eigenvalue weighted by atomic mass is 19.1. The molecule has 0 saturated carbocycles. The van der Waals surface area contributed by atoms with Gasteiger partial charge in [0, 0.05) is 44.1 Å². The van der Waals surface area contributed by atoms with Gasteiger partial charge in [-0.1, -0.05) is 13.8 Å². The normalized spacial score (nSPS) is 14.9. The van der Waals surface area contributed by atoms with Crippen molar-refractivity contribution in [3.63, 3.8) is 0 Å². The molecule has 3 rings (SSSR count). The van der Waals surface area contributed by atoms with Crippen molar-refractivity contribution in [3.8, 4) is 0 Å². The number of rotatable bonds is 3. The Balaban J connectivity index is 1.73. The minimum Gasteiger partial charge on any atom is -0.339 e. The molecule has 7 nitrogen and oxygen atoms in total. The minimum absolute atomic E-state index is 0.0505. The van der Waals surface area contributed by atoms with Crippen molar-refractivity contribution in [3.05, 3.63) is 52.0 Å². The molecule has 1 fully saturated rings. The number of halogens is 1. The molecule has 0 bridgehead atoms. The lowest BCUT2D eigenvalue weighted by atomic mass is 10.1. The number of pyridine rings is 1. The van der Waals surface area contributed by atoms with Crippen LogP contribution < -0.4 is 10.5 Å². The highest BCUT2D eigenvalue weighted by molar-refractivity contribution is 5.94. The standard InChI is InChI=1S/C17H20FN5O2/c1-11(2)14-13(18)15(24)21-17(20-14)23-9-7-22(8-10-23)16(25)12-3-5-19-6-4-12/h3-6,11H,7-10H2,1-2H3,(H,20,21,24). The van der Waals surface area contributed by atoms with E-state index in [0.29, 0.717) is 37.7 Å². The highest BCUT2D eigenvalue weighted by Crippen LogP contribution is 2.17. The van der Waals surface area contributed by atoms with E-state index in [-0.39, 0.29) is 17.5 Å². The molecule has 25 heavy (non-hydrogen) atoms. The molecule has 1 aliphatic rings. The second-order valence-corrected chi connectivity index (χ2v) is 6.26. The van der Waals surface area contributed by atoms with Crippen molar-refractivity contribution in [1.82, 2.24) is 19.9 Å². The Morgan fingerprint density at radius 3 is 2.44 bits per heavy atom.